The normalized spacial score (nSPS) is 14.2. The molecule has 0 saturated carbocycles. The Hall–Kier alpha value is -3.32. The van der Waals surface area contributed by atoms with Crippen molar-refractivity contribution in [2.24, 2.45) is 0 Å². The van der Waals surface area contributed by atoms with Crippen molar-refractivity contribution >= 4 is 35.5 Å². The van der Waals surface area contributed by atoms with Crippen LogP contribution in [0.2, 0.25) is 0 Å². The first-order chi connectivity index (χ1) is 19.7. The van der Waals surface area contributed by atoms with Crippen LogP contribution in [0, 0.1) is 0 Å². The van der Waals surface area contributed by atoms with Crippen molar-refractivity contribution in [1.82, 2.24) is 20.9 Å². The van der Waals surface area contributed by atoms with Crippen LogP contribution in [0.25, 0.3) is 0 Å². The Bertz CT molecular complexity index is 960. The molecule has 42 heavy (non-hydrogen) atoms. The van der Waals surface area contributed by atoms with Gasteiger partial charge in [-0.25, -0.2) is 0 Å². The van der Waals surface area contributed by atoms with Gasteiger partial charge in [-0.1, -0.05) is 0 Å². The lowest BCUT2D eigenvalue weighted by Crippen LogP contribution is -2.47. The van der Waals surface area contributed by atoms with Gasteiger partial charge in [-0.3, -0.25) is 33.7 Å². The Kier molecular flexibility index (Phi) is 16.0. The summed E-state index contributed by atoms with van der Waals surface area (Å²) in [6.07, 6.45) is 5.05. The summed E-state index contributed by atoms with van der Waals surface area (Å²) in [5.74, 6) is -2.80. The van der Waals surface area contributed by atoms with Crippen LogP contribution in [0.15, 0.2) is 12.2 Å². The highest BCUT2D eigenvalue weighted by atomic mass is 16.5. The number of unbranched alkanes of at least 4 members (excludes halogenated alkanes) is 1. The van der Waals surface area contributed by atoms with Crippen molar-refractivity contribution in [2.75, 3.05) is 33.4 Å². The second-order valence-electron chi connectivity index (χ2n) is 11.5. The SMILES string of the molecule is COC(C)(C)CCOC(C)(C)CC(=O)NCCCC[C@H](NC(=O)CCCN1C(=O)C=CC1=O)C(=O)NCCCC(=O)O. The molecule has 0 fully saturated rings. The van der Waals surface area contributed by atoms with E-state index in [-0.39, 0.29) is 56.7 Å². The average molecular weight is 597 g/mol. The van der Waals surface area contributed by atoms with Gasteiger partial charge in [0.25, 0.3) is 11.8 Å². The number of ether oxygens (including phenoxy) is 2. The second-order valence-corrected chi connectivity index (χ2v) is 11.5. The number of hydrogen-bond acceptors (Lipinski definition) is 8. The molecule has 0 bridgehead atoms. The van der Waals surface area contributed by atoms with Gasteiger partial charge in [0.1, 0.15) is 6.04 Å². The maximum atomic E-state index is 12.7. The van der Waals surface area contributed by atoms with Gasteiger partial charge in [0.15, 0.2) is 0 Å². The molecule has 1 aliphatic rings. The Morgan fingerprint density at radius 2 is 1.52 bits per heavy atom. The topological polar surface area (TPSA) is 180 Å². The fraction of sp³-hybridized carbons (Fsp3) is 0.724. The maximum absolute atomic E-state index is 12.7. The number of methoxy groups -OCH3 is 1. The molecule has 13 heteroatoms. The number of carbonyl (C=O) groups excluding carboxylic acids is 5. The molecular formula is C29H48N4O9. The third-order valence-corrected chi connectivity index (χ3v) is 6.78. The number of nitrogens with one attached hydrogen (secondary N) is 3. The van der Waals surface area contributed by atoms with E-state index < -0.39 is 41.2 Å². The first-order valence-corrected chi connectivity index (χ1v) is 14.4. The summed E-state index contributed by atoms with van der Waals surface area (Å²) >= 11 is 0. The summed E-state index contributed by atoms with van der Waals surface area (Å²) < 4.78 is 11.3. The quantitative estimate of drug-likeness (QED) is 0.106. The number of nitrogens with zero attached hydrogens (tertiary/aromatic N) is 1. The third-order valence-electron chi connectivity index (χ3n) is 6.78. The van der Waals surface area contributed by atoms with Gasteiger partial charge < -0.3 is 30.5 Å². The van der Waals surface area contributed by atoms with Crippen LogP contribution in [-0.4, -0.2) is 96.1 Å². The fourth-order valence-corrected chi connectivity index (χ4v) is 4.04. The molecule has 1 aliphatic heterocycles. The minimum absolute atomic E-state index is 0.0106. The number of amides is 5. The molecule has 0 unspecified atom stereocenters. The zero-order valence-electron chi connectivity index (χ0n) is 25.6. The number of rotatable bonds is 22. The van der Waals surface area contributed by atoms with Crippen LogP contribution >= 0.6 is 0 Å². The van der Waals surface area contributed by atoms with Crippen LogP contribution in [-0.2, 0) is 38.2 Å². The fourth-order valence-electron chi connectivity index (χ4n) is 4.04. The van der Waals surface area contributed by atoms with E-state index in [1.165, 1.54) is 12.2 Å². The Morgan fingerprint density at radius 3 is 2.14 bits per heavy atom. The summed E-state index contributed by atoms with van der Waals surface area (Å²) in [5, 5.41) is 17.0. The molecule has 0 aromatic carbocycles. The predicted octanol–water partition coefficient (Wildman–Crippen LogP) is 1.44. The molecule has 1 heterocycles. The molecular weight excluding hydrogens is 548 g/mol. The van der Waals surface area contributed by atoms with Crippen molar-refractivity contribution in [3.8, 4) is 0 Å². The number of aliphatic carboxylic acids is 1. The van der Waals surface area contributed by atoms with Gasteiger partial charge in [-0.15, -0.1) is 0 Å². The lowest BCUT2D eigenvalue weighted by molar-refractivity contribution is -0.138. The Labute approximate surface area is 248 Å². The van der Waals surface area contributed by atoms with Gasteiger partial charge in [-0.2, -0.15) is 0 Å². The van der Waals surface area contributed by atoms with E-state index in [0.717, 1.165) is 4.90 Å². The monoisotopic (exact) mass is 596 g/mol. The molecule has 0 radical (unpaired) electrons. The second kappa shape index (κ2) is 18.3. The van der Waals surface area contributed by atoms with E-state index >= 15 is 0 Å². The van der Waals surface area contributed by atoms with E-state index in [4.69, 9.17) is 14.6 Å². The number of carboxylic acid groups (broad SMARTS) is 1. The van der Waals surface area contributed by atoms with Gasteiger partial charge in [-0.05, 0) is 66.2 Å². The molecule has 0 aromatic heterocycles. The Balaban J connectivity index is 2.47. The average Bonchev–Trinajstić information content (AvgIpc) is 3.21. The van der Waals surface area contributed by atoms with Crippen LogP contribution in [0.3, 0.4) is 0 Å². The van der Waals surface area contributed by atoms with Crippen molar-refractivity contribution in [2.45, 2.75) is 103 Å². The largest absolute Gasteiger partial charge is 0.481 e. The summed E-state index contributed by atoms with van der Waals surface area (Å²) in [7, 11) is 1.65. The molecule has 0 saturated heterocycles. The minimum atomic E-state index is -0.966. The van der Waals surface area contributed by atoms with Crippen LogP contribution in [0.1, 0.15) is 85.5 Å². The van der Waals surface area contributed by atoms with Crippen molar-refractivity contribution < 1.29 is 43.3 Å². The highest BCUT2D eigenvalue weighted by Gasteiger charge is 2.26. The first-order valence-electron chi connectivity index (χ1n) is 14.4. The highest BCUT2D eigenvalue weighted by molar-refractivity contribution is 6.12. The number of carboxylic acids is 1. The van der Waals surface area contributed by atoms with E-state index in [1.807, 2.05) is 27.7 Å². The zero-order chi connectivity index (χ0) is 31.8. The summed E-state index contributed by atoms with van der Waals surface area (Å²) in [6.45, 7) is 8.73. The summed E-state index contributed by atoms with van der Waals surface area (Å²) in [4.78, 5) is 72.7. The number of imide groups is 1. The molecule has 0 spiro atoms. The molecule has 0 aliphatic carbocycles. The summed E-state index contributed by atoms with van der Waals surface area (Å²) in [5.41, 5.74) is -0.953. The van der Waals surface area contributed by atoms with Gasteiger partial charge >= 0.3 is 5.97 Å². The molecule has 1 atom stereocenters. The van der Waals surface area contributed by atoms with Crippen molar-refractivity contribution in [3.05, 3.63) is 12.2 Å². The lowest BCUT2D eigenvalue weighted by atomic mass is 10.0. The predicted molar refractivity (Wildman–Crippen MR) is 154 cm³/mol. The molecule has 4 N–H and O–H groups in total. The maximum Gasteiger partial charge on any atom is 0.303 e. The third kappa shape index (κ3) is 15.6. The molecule has 0 aromatic rings. The van der Waals surface area contributed by atoms with Crippen LogP contribution < -0.4 is 16.0 Å². The molecule has 13 nitrogen and oxygen atoms in total. The molecule has 5 amide bonds. The smallest absolute Gasteiger partial charge is 0.303 e. The standard InChI is InChI=1S/C29H48N4O9/c1-28(2,41-5)15-19-42-29(3,4)20-23(35)30-16-7-6-10-21(27(40)31-17-8-12-26(38)39)32-22(34)11-9-18-33-24(36)13-14-25(33)37/h13-14,21H,6-12,15-20H2,1-5H3,(H,30,35)(H,31,40)(H,32,34)(H,38,39)/t21-/m0/s1. The minimum Gasteiger partial charge on any atom is -0.481 e. The van der Waals surface area contributed by atoms with Gasteiger partial charge in [0, 0.05) is 51.7 Å². The Morgan fingerprint density at radius 1 is 0.881 bits per heavy atom. The van der Waals surface area contributed by atoms with Crippen molar-refractivity contribution in [1.29, 1.82) is 0 Å². The number of hydrogen-bond donors (Lipinski definition) is 4. The zero-order valence-corrected chi connectivity index (χ0v) is 25.6. The molecule has 238 valence electrons. The van der Waals surface area contributed by atoms with Gasteiger partial charge in [0.2, 0.25) is 17.7 Å². The van der Waals surface area contributed by atoms with Crippen LogP contribution in [0.5, 0.6) is 0 Å². The number of carbonyl (C=O) groups is 6. The van der Waals surface area contributed by atoms with E-state index in [9.17, 15) is 28.8 Å². The summed E-state index contributed by atoms with van der Waals surface area (Å²) in [6, 6.07) is -0.849. The van der Waals surface area contributed by atoms with Gasteiger partial charge in [0.05, 0.1) is 24.2 Å². The van der Waals surface area contributed by atoms with E-state index in [2.05, 4.69) is 16.0 Å². The van der Waals surface area contributed by atoms with E-state index in [1.54, 1.807) is 7.11 Å². The first kappa shape index (κ1) is 36.7. The lowest BCUT2D eigenvalue weighted by Gasteiger charge is -2.28. The molecule has 1 rings (SSSR count). The van der Waals surface area contributed by atoms with Crippen molar-refractivity contribution in [3.63, 3.8) is 0 Å². The van der Waals surface area contributed by atoms with Crippen LogP contribution in [0.4, 0.5) is 0 Å². The van der Waals surface area contributed by atoms with E-state index in [0.29, 0.717) is 38.8 Å². The highest BCUT2D eigenvalue weighted by Crippen LogP contribution is 2.19.